The number of methoxy groups -OCH3 is 1. The highest BCUT2D eigenvalue weighted by molar-refractivity contribution is 9.10. The fourth-order valence-electron chi connectivity index (χ4n) is 1.93. The lowest BCUT2D eigenvalue weighted by atomic mass is 10.2. The van der Waals surface area contributed by atoms with Crippen LogP contribution in [0, 0.1) is 0 Å². The van der Waals surface area contributed by atoms with Crippen molar-refractivity contribution in [1.29, 1.82) is 0 Å². The first-order chi connectivity index (χ1) is 8.11. The van der Waals surface area contributed by atoms with Gasteiger partial charge in [-0.05, 0) is 18.2 Å². The van der Waals surface area contributed by atoms with Gasteiger partial charge in [-0.3, -0.25) is 0 Å². The number of urea groups is 1. The minimum Gasteiger partial charge on any atom is -0.496 e. The van der Waals surface area contributed by atoms with Crippen LogP contribution in [0.4, 0.5) is 4.79 Å². The molecule has 1 saturated heterocycles. The van der Waals surface area contributed by atoms with Gasteiger partial charge in [0, 0.05) is 30.2 Å². The molecule has 1 aromatic rings. The average Bonchev–Trinajstić information content (AvgIpc) is 2.61. The Morgan fingerprint density at radius 1 is 1.41 bits per heavy atom. The van der Waals surface area contributed by atoms with E-state index in [1.807, 2.05) is 30.1 Å². The summed E-state index contributed by atoms with van der Waals surface area (Å²) in [4.78, 5) is 15.3. The van der Waals surface area contributed by atoms with E-state index in [1.54, 1.807) is 12.0 Å². The molecule has 5 heteroatoms. The van der Waals surface area contributed by atoms with Gasteiger partial charge in [-0.1, -0.05) is 15.9 Å². The Morgan fingerprint density at radius 3 is 2.76 bits per heavy atom. The summed E-state index contributed by atoms with van der Waals surface area (Å²) in [5.74, 6) is 0.815. The van der Waals surface area contributed by atoms with E-state index in [2.05, 4.69) is 15.9 Å². The third-order valence-corrected chi connectivity index (χ3v) is 3.40. The lowest BCUT2D eigenvalue weighted by molar-refractivity contribution is 0.196. The number of amides is 2. The number of carbonyl (C=O) groups is 1. The van der Waals surface area contributed by atoms with Crippen molar-refractivity contribution in [2.24, 2.45) is 0 Å². The maximum absolute atomic E-state index is 11.8. The average molecular weight is 299 g/mol. The Balaban J connectivity index is 2.18. The highest BCUT2D eigenvalue weighted by Gasteiger charge is 2.25. The molecule has 2 amide bonds. The molecule has 17 heavy (non-hydrogen) atoms. The molecule has 0 bridgehead atoms. The zero-order valence-corrected chi connectivity index (χ0v) is 11.5. The summed E-state index contributed by atoms with van der Waals surface area (Å²) >= 11 is 3.43. The van der Waals surface area contributed by atoms with Gasteiger partial charge >= 0.3 is 6.03 Å². The molecule has 4 nitrogen and oxygen atoms in total. The highest BCUT2D eigenvalue weighted by Crippen LogP contribution is 2.25. The number of nitrogens with zero attached hydrogens (tertiary/aromatic N) is 2. The van der Waals surface area contributed by atoms with E-state index in [0.717, 1.165) is 28.9 Å². The van der Waals surface area contributed by atoms with Crippen LogP contribution < -0.4 is 4.74 Å². The van der Waals surface area contributed by atoms with Crippen molar-refractivity contribution in [1.82, 2.24) is 9.80 Å². The van der Waals surface area contributed by atoms with Gasteiger partial charge in [-0.15, -0.1) is 0 Å². The number of hydrogen-bond donors (Lipinski definition) is 0. The van der Waals surface area contributed by atoms with Crippen LogP contribution in [-0.4, -0.2) is 43.1 Å². The van der Waals surface area contributed by atoms with E-state index >= 15 is 0 Å². The third-order valence-electron chi connectivity index (χ3n) is 2.91. The zero-order valence-electron chi connectivity index (χ0n) is 9.94. The van der Waals surface area contributed by atoms with Crippen molar-refractivity contribution < 1.29 is 9.53 Å². The standard InChI is InChI=1S/C12H15BrN2O2/c1-14-5-6-15(12(14)16)8-9-7-10(13)3-4-11(9)17-2/h3-4,7H,5-6,8H2,1-2H3. The summed E-state index contributed by atoms with van der Waals surface area (Å²) in [5.41, 5.74) is 1.02. The Labute approximate surface area is 109 Å². The Morgan fingerprint density at radius 2 is 2.18 bits per heavy atom. The van der Waals surface area contributed by atoms with Crippen molar-refractivity contribution in [3.05, 3.63) is 28.2 Å². The molecule has 0 aliphatic carbocycles. The molecular formula is C12H15BrN2O2. The summed E-state index contributed by atoms with van der Waals surface area (Å²) in [7, 11) is 3.46. The summed E-state index contributed by atoms with van der Waals surface area (Å²) in [6.07, 6.45) is 0. The fourth-order valence-corrected chi connectivity index (χ4v) is 2.33. The number of halogens is 1. The second-order valence-electron chi connectivity index (χ2n) is 4.08. The van der Waals surface area contributed by atoms with Crippen LogP contribution in [0.5, 0.6) is 5.75 Å². The van der Waals surface area contributed by atoms with E-state index in [-0.39, 0.29) is 6.03 Å². The number of ether oxygens (including phenoxy) is 1. The van der Waals surface area contributed by atoms with E-state index in [4.69, 9.17) is 4.74 Å². The summed E-state index contributed by atoms with van der Waals surface area (Å²) in [5, 5.41) is 0. The SMILES string of the molecule is COc1ccc(Br)cc1CN1CCN(C)C1=O. The fraction of sp³-hybridized carbons (Fsp3) is 0.417. The second-order valence-corrected chi connectivity index (χ2v) is 5.00. The molecule has 1 heterocycles. The smallest absolute Gasteiger partial charge is 0.320 e. The summed E-state index contributed by atoms with van der Waals surface area (Å²) in [6, 6.07) is 5.90. The maximum atomic E-state index is 11.8. The van der Waals surface area contributed by atoms with Crippen molar-refractivity contribution in [3.8, 4) is 5.75 Å². The van der Waals surface area contributed by atoms with Crippen LogP contribution in [0.15, 0.2) is 22.7 Å². The van der Waals surface area contributed by atoms with Crippen LogP contribution >= 0.6 is 15.9 Å². The lowest BCUT2D eigenvalue weighted by Crippen LogP contribution is -2.29. The monoisotopic (exact) mass is 298 g/mol. The van der Waals surface area contributed by atoms with Crippen LogP contribution in [0.2, 0.25) is 0 Å². The molecule has 0 saturated carbocycles. The second kappa shape index (κ2) is 4.96. The van der Waals surface area contributed by atoms with E-state index in [9.17, 15) is 4.79 Å². The largest absolute Gasteiger partial charge is 0.496 e. The molecule has 0 N–H and O–H groups in total. The Hall–Kier alpha value is -1.23. The van der Waals surface area contributed by atoms with Crippen LogP contribution in [-0.2, 0) is 6.54 Å². The molecule has 0 atom stereocenters. The Kier molecular flexibility index (Phi) is 3.57. The molecule has 0 aromatic heterocycles. The molecule has 1 aromatic carbocycles. The van der Waals surface area contributed by atoms with Gasteiger partial charge < -0.3 is 14.5 Å². The molecule has 0 radical (unpaired) electrons. The number of carbonyl (C=O) groups excluding carboxylic acids is 1. The van der Waals surface area contributed by atoms with Gasteiger partial charge in [-0.25, -0.2) is 4.79 Å². The molecule has 1 aliphatic heterocycles. The van der Waals surface area contributed by atoms with Gasteiger partial charge in [0.25, 0.3) is 0 Å². The topological polar surface area (TPSA) is 32.8 Å². The first kappa shape index (κ1) is 12.2. The first-order valence-corrected chi connectivity index (χ1v) is 6.23. The highest BCUT2D eigenvalue weighted by atomic mass is 79.9. The number of benzene rings is 1. The number of rotatable bonds is 3. The molecule has 1 fully saturated rings. The van der Waals surface area contributed by atoms with Gasteiger partial charge in [0.1, 0.15) is 5.75 Å². The predicted octanol–water partition coefficient (Wildman–Crippen LogP) is 2.33. The minimum atomic E-state index is 0.0760. The van der Waals surface area contributed by atoms with Crippen LogP contribution in [0.25, 0.3) is 0 Å². The Bertz CT molecular complexity index is 437. The number of hydrogen-bond acceptors (Lipinski definition) is 2. The minimum absolute atomic E-state index is 0.0760. The molecule has 2 rings (SSSR count). The van der Waals surface area contributed by atoms with E-state index < -0.39 is 0 Å². The predicted molar refractivity (Wildman–Crippen MR) is 69.1 cm³/mol. The first-order valence-electron chi connectivity index (χ1n) is 5.44. The molecule has 92 valence electrons. The van der Waals surface area contributed by atoms with Crippen LogP contribution in [0.3, 0.4) is 0 Å². The molecule has 0 unspecified atom stereocenters. The molecule has 1 aliphatic rings. The summed E-state index contributed by atoms with van der Waals surface area (Å²) in [6.45, 7) is 2.14. The van der Waals surface area contributed by atoms with Gasteiger partial charge in [0.2, 0.25) is 0 Å². The maximum Gasteiger partial charge on any atom is 0.320 e. The van der Waals surface area contributed by atoms with Crippen molar-refractivity contribution in [3.63, 3.8) is 0 Å². The molecule has 0 spiro atoms. The van der Waals surface area contributed by atoms with Crippen molar-refractivity contribution in [2.75, 3.05) is 27.2 Å². The lowest BCUT2D eigenvalue weighted by Gasteiger charge is -2.18. The van der Waals surface area contributed by atoms with Crippen LogP contribution in [0.1, 0.15) is 5.56 Å². The van der Waals surface area contributed by atoms with Crippen molar-refractivity contribution in [2.45, 2.75) is 6.54 Å². The van der Waals surface area contributed by atoms with E-state index in [0.29, 0.717) is 6.54 Å². The van der Waals surface area contributed by atoms with Gasteiger partial charge in [0.15, 0.2) is 0 Å². The van der Waals surface area contributed by atoms with E-state index in [1.165, 1.54) is 0 Å². The van der Waals surface area contributed by atoms with Crippen molar-refractivity contribution >= 4 is 22.0 Å². The number of likely N-dealkylation sites (N-methyl/N-ethyl adjacent to an activating group) is 1. The van der Waals surface area contributed by atoms with Gasteiger partial charge in [-0.2, -0.15) is 0 Å². The summed E-state index contributed by atoms with van der Waals surface area (Å²) < 4.78 is 6.29. The normalized spacial score (nSPS) is 15.6. The third kappa shape index (κ3) is 2.54. The molecular weight excluding hydrogens is 284 g/mol. The van der Waals surface area contributed by atoms with Gasteiger partial charge in [0.05, 0.1) is 13.7 Å². The zero-order chi connectivity index (χ0) is 12.4. The quantitative estimate of drug-likeness (QED) is 0.858.